The lowest BCUT2D eigenvalue weighted by molar-refractivity contribution is 0.0773. The summed E-state index contributed by atoms with van der Waals surface area (Å²) < 4.78 is 5.44. The number of hydrogen-bond acceptors (Lipinski definition) is 4. The number of nitrogens with one attached hydrogen (secondary N) is 1. The summed E-state index contributed by atoms with van der Waals surface area (Å²) in [6.45, 7) is 2.09. The van der Waals surface area contributed by atoms with Crippen molar-refractivity contribution in [2.24, 2.45) is 0 Å². The summed E-state index contributed by atoms with van der Waals surface area (Å²) in [7, 11) is 1.60. The number of H-pyrrole nitrogens is 1. The van der Waals surface area contributed by atoms with Gasteiger partial charge in [0.25, 0.3) is 11.5 Å². The summed E-state index contributed by atoms with van der Waals surface area (Å²) in [5, 5.41) is 0. The molecule has 0 fully saturated rings. The van der Waals surface area contributed by atoms with Crippen molar-refractivity contribution in [3.63, 3.8) is 0 Å². The van der Waals surface area contributed by atoms with Gasteiger partial charge < -0.3 is 14.3 Å². The Morgan fingerprint density at radius 2 is 2.09 bits per heavy atom. The summed E-state index contributed by atoms with van der Waals surface area (Å²) in [6, 6.07) is 5.04. The number of ketones is 1. The van der Waals surface area contributed by atoms with Crippen LogP contribution in [0.1, 0.15) is 50.8 Å². The molecule has 0 saturated carbocycles. The number of amides is 1. The SMILES string of the molecule is Cc1ccc(CN(C)C(=O)c2cc3c([nH]c2=O)CCCC3=O)o1. The molecule has 1 N–H and O–H groups in total. The molecule has 2 heterocycles. The third kappa shape index (κ3) is 2.97. The molecule has 1 amide bonds. The number of hydrogen-bond donors (Lipinski definition) is 1. The predicted octanol–water partition coefficient (Wildman–Crippen LogP) is 2.07. The summed E-state index contributed by atoms with van der Waals surface area (Å²) in [6.07, 6.45) is 1.84. The quantitative estimate of drug-likeness (QED) is 0.940. The van der Waals surface area contributed by atoms with Gasteiger partial charge in [0, 0.05) is 24.7 Å². The third-order valence-corrected chi connectivity index (χ3v) is 4.02. The average Bonchev–Trinajstić information content (AvgIpc) is 2.91. The van der Waals surface area contributed by atoms with E-state index in [1.54, 1.807) is 13.1 Å². The molecule has 2 aromatic heterocycles. The highest BCUT2D eigenvalue weighted by Crippen LogP contribution is 2.19. The Morgan fingerprint density at radius 1 is 1.30 bits per heavy atom. The molecule has 1 aliphatic carbocycles. The van der Waals surface area contributed by atoms with Crippen molar-refractivity contribution in [2.45, 2.75) is 32.7 Å². The minimum atomic E-state index is -0.453. The highest BCUT2D eigenvalue weighted by Gasteiger charge is 2.23. The Balaban J connectivity index is 1.88. The number of furan rings is 1. The topological polar surface area (TPSA) is 83.4 Å². The van der Waals surface area contributed by atoms with Crippen molar-refractivity contribution in [2.75, 3.05) is 7.05 Å². The third-order valence-electron chi connectivity index (χ3n) is 4.02. The molecule has 6 nitrogen and oxygen atoms in total. The number of fused-ring (bicyclic) bond motifs is 1. The van der Waals surface area contributed by atoms with E-state index in [0.29, 0.717) is 29.9 Å². The molecule has 0 aliphatic heterocycles. The van der Waals surface area contributed by atoms with Gasteiger partial charge in [-0.3, -0.25) is 14.4 Å². The van der Waals surface area contributed by atoms with E-state index < -0.39 is 11.5 Å². The Labute approximate surface area is 133 Å². The number of pyridine rings is 1. The zero-order chi connectivity index (χ0) is 16.6. The number of rotatable bonds is 3. The van der Waals surface area contributed by atoms with Crippen molar-refractivity contribution in [1.29, 1.82) is 0 Å². The molecule has 6 heteroatoms. The Morgan fingerprint density at radius 3 is 2.78 bits per heavy atom. The van der Waals surface area contributed by atoms with Crippen LogP contribution in [0.3, 0.4) is 0 Å². The second-order valence-corrected chi connectivity index (χ2v) is 5.85. The van der Waals surface area contributed by atoms with Crippen molar-refractivity contribution < 1.29 is 14.0 Å². The molecule has 0 saturated heterocycles. The van der Waals surface area contributed by atoms with E-state index in [2.05, 4.69) is 4.98 Å². The number of Topliss-reactive ketones (excluding diaryl/α,β-unsaturated/α-hetero) is 1. The largest absolute Gasteiger partial charge is 0.464 e. The second kappa shape index (κ2) is 5.87. The summed E-state index contributed by atoms with van der Waals surface area (Å²) in [4.78, 5) is 40.7. The van der Waals surface area contributed by atoms with Gasteiger partial charge in [-0.2, -0.15) is 0 Å². The summed E-state index contributed by atoms with van der Waals surface area (Å²) in [5.74, 6) is 0.948. The summed E-state index contributed by atoms with van der Waals surface area (Å²) in [5.41, 5.74) is 0.629. The average molecular weight is 314 g/mol. The van der Waals surface area contributed by atoms with E-state index in [9.17, 15) is 14.4 Å². The van der Waals surface area contributed by atoms with Gasteiger partial charge in [-0.25, -0.2) is 0 Å². The van der Waals surface area contributed by atoms with Gasteiger partial charge in [-0.1, -0.05) is 0 Å². The van der Waals surface area contributed by atoms with Crippen LogP contribution >= 0.6 is 0 Å². The van der Waals surface area contributed by atoms with Gasteiger partial charge >= 0.3 is 0 Å². The minimum Gasteiger partial charge on any atom is -0.464 e. The lowest BCUT2D eigenvalue weighted by Gasteiger charge is -2.18. The van der Waals surface area contributed by atoms with E-state index in [0.717, 1.165) is 12.2 Å². The fraction of sp³-hybridized carbons (Fsp3) is 0.353. The molecule has 1 aliphatic rings. The minimum absolute atomic E-state index is 0.00946. The maximum atomic E-state index is 12.5. The molecule has 0 aromatic carbocycles. The van der Waals surface area contributed by atoms with Crippen molar-refractivity contribution in [3.05, 3.63) is 56.9 Å². The van der Waals surface area contributed by atoms with Crippen molar-refractivity contribution >= 4 is 11.7 Å². The number of nitrogens with zero attached hydrogens (tertiary/aromatic N) is 1. The standard InChI is InChI=1S/C17H18N2O4/c1-10-6-7-11(23-10)9-19(2)17(22)13-8-12-14(18-16(13)21)4-3-5-15(12)20/h6-8H,3-5,9H2,1-2H3,(H,18,21). The van der Waals surface area contributed by atoms with Crippen LogP contribution in [0.4, 0.5) is 0 Å². The molecule has 23 heavy (non-hydrogen) atoms. The zero-order valence-electron chi connectivity index (χ0n) is 13.1. The number of carbonyl (C=O) groups is 2. The molecular formula is C17H18N2O4. The van der Waals surface area contributed by atoms with Gasteiger partial charge in [-0.15, -0.1) is 0 Å². The maximum absolute atomic E-state index is 12.5. The molecule has 2 aromatic rings. The lowest BCUT2D eigenvalue weighted by Crippen LogP contribution is -2.33. The van der Waals surface area contributed by atoms with Crippen molar-refractivity contribution in [1.82, 2.24) is 9.88 Å². The van der Waals surface area contributed by atoms with Crippen LogP contribution in [0.15, 0.2) is 27.4 Å². The Hall–Kier alpha value is -2.63. The molecule has 0 radical (unpaired) electrons. The van der Waals surface area contributed by atoms with Crippen LogP contribution < -0.4 is 5.56 Å². The van der Waals surface area contributed by atoms with Crippen LogP contribution in [0.2, 0.25) is 0 Å². The van der Waals surface area contributed by atoms with Crippen LogP contribution in [-0.4, -0.2) is 28.6 Å². The van der Waals surface area contributed by atoms with E-state index in [1.807, 2.05) is 13.0 Å². The van der Waals surface area contributed by atoms with Gasteiger partial charge in [0.15, 0.2) is 5.78 Å². The van der Waals surface area contributed by atoms with Crippen LogP contribution in [0, 0.1) is 6.92 Å². The monoisotopic (exact) mass is 314 g/mol. The van der Waals surface area contributed by atoms with E-state index in [1.165, 1.54) is 11.0 Å². The maximum Gasteiger partial charge on any atom is 0.261 e. The first kappa shape index (κ1) is 15.3. The number of aromatic nitrogens is 1. The van der Waals surface area contributed by atoms with Crippen LogP contribution in [-0.2, 0) is 13.0 Å². The molecule has 0 unspecified atom stereocenters. The Kier molecular flexibility index (Phi) is 3.90. The number of aromatic amines is 1. The highest BCUT2D eigenvalue weighted by molar-refractivity contribution is 6.01. The molecule has 0 atom stereocenters. The zero-order valence-corrected chi connectivity index (χ0v) is 13.1. The fourth-order valence-corrected chi connectivity index (χ4v) is 2.82. The first-order chi connectivity index (χ1) is 11.0. The van der Waals surface area contributed by atoms with Gasteiger partial charge in [-0.05, 0) is 38.0 Å². The first-order valence-electron chi connectivity index (χ1n) is 7.56. The molecule has 0 bridgehead atoms. The molecular weight excluding hydrogens is 296 g/mol. The number of carbonyl (C=O) groups excluding carboxylic acids is 2. The fourth-order valence-electron chi connectivity index (χ4n) is 2.82. The van der Waals surface area contributed by atoms with E-state index in [4.69, 9.17) is 4.42 Å². The normalized spacial score (nSPS) is 13.7. The summed E-state index contributed by atoms with van der Waals surface area (Å²) >= 11 is 0. The predicted molar refractivity (Wildman–Crippen MR) is 83.6 cm³/mol. The smallest absolute Gasteiger partial charge is 0.261 e. The molecule has 120 valence electrons. The van der Waals surface area contributed by atoms with E-state index in [-0.39, 0.29) is 17.9 Å². The van der Waals surface area contributed by atoms with Gasteiger partial charge in [0.2, 0.25) is 0 Å². The molecule has 0 spiro atoms. The Bertz CT molecular complexity index is 831. The van der Waals surface area contributed by atoms with E-state index >= 15 is 0 Å². The van der Waals surface area contributed by atoms with Gasteiger partial charge in [0.05, 0.1) is 6.54 Å². The lowest BCUT2D eigenvalue weighted by atomic mass is 9.93. The highest BCUT2D eigenvalue weighted by atomic mass is 16.3. The second-order valence-electron chi connectivity index (χ2n) is 5.85. The van der Waals surface area contributed by atoms with Gasteiger partial charge in [0.1, 0.15) is 17.1 Å². The molecule has 3 rings (SSSR count). The van der Waals surface area contributed by atoms with Crippen molar-refractivity contribution in [3.8, 4) is 0 Å². The first-order valence-corrected chi connectivity index (χ1v) is 7.56. The van der Waals surface area contributed by atoms with Crippen LogP contribution in [0.25, 0.3) is 0 Å². The number of aryl methyl sites for hydroxylation is 2. The van der Waals surface area contributed by atoms with Crippen LogP contribution in [0.5, 0.6) is 0 Å².